The number of ether oxygens (including phenoxy) is 4. The number of allylic oxidation sites excluding steroid dienone is 1. The molecule has 0 spiro atoms. The lowest BCUT2D eigenvalue weighted by Gasteiger charge is -2.28. The number of hydrogen-bond acceptors (Lipinski definition) is 8. The summed E-state index contributed by atoms with van der Waals surface area (Å²) in [6.07, 6.45) is 1.51. The second-order valence-corrected chi connectivity index (χ2v) is 11.3. The number of benzene rings is 4. The van der Waals surface area contributed by atoms with Gasteiger partial charge in [-0.2, -0.15) is 5.10 Å². The Labute approximate surface area is 280 Å². The second-order valence-electron chi connectivity index (χ2n) is 10.4. The molecule has 11 nitrogen and oxygen atoms in total. The van der Waals surface area contributed by atoms with Crippen LogP contribution < -0.4 is 30.3 Å². The minimum absolute atomic E-state index is 0.185. The van der Waals surface area contributed by atoms with Gasteiger partial charge in [-0.05, 0) is 93.6 Å². The van der Waals surface area contributed by atoms with Crippen molar-refractivity contribution in [2.24, 2.45) is 5.10 Å². The number of nitrogens with zero attached hydrogens (tertiary/aromatic N) is 1. The standard InChI is InChI=1S/C35H33BrN4O7/c1-4-45-34(42)32-21(2)38-35(43)39-33(32)26-12-14-29(30(17-26)44-3)47-20-31(41)40-37-18-22-10-13-28(27(36)16-22)46-19-23-9-11-24-7-5-6-8-25(24)15-23/h5-18,33H,4,19-20H2,1-3H3,(H,40,41)(H2,38,39,43)/b37-18-/t33-/m0/s1. The molecule has 47 heavy (non-hydrogen) atoms. The minimum Gasteiger partial charge on any atom is -0.493 e. The topological polar surface area (TPSA) is 137 Å². The molecule has 0 saturated heterocycles. The molecule has 0 bridgehead atoms. The maximum absolute atomic E-state index is 12.6. The van der Waals surface area contributed by atoms with Gasteiger partial charge in [0.05, 0.1) is 36.0 Å². The van der Waals surface area contributed by atoms with Gasteiger partial charge in [0.15, 0.2) is 18.1 Å². The highest BCUT2D eigenvalue weighted by Gasteiger charge is 2.32. The number of urea groups is 1. The molecule has 0 saturated carbocycles. The summed E-state index contributed by atoms with van der Waals surface area (Å²) in [4.78, 5) is 37.3. The van der Waals surface area contributed by atoms with Crippen molar-refractivity contribution in [3.05, 3.63) is 111 Å². The molecule has 0 fully saturated rings. The molecular weight excluding hydrogens is 668 g/mol. The zero-order valence-electron chi connectivity index (χ0n) is 26.0. The van der Waals surface area contributed by atoms with E-state index >= 15 is 0 Å². The summed E-state index contributed by atoms with van der Waals surface area (Å²) in [7, 11) is 1.45. The Bertz CT molecular complexity index is 1870. The zero-order valence-corrected chi connectivity index (χ0v) is 27.6. The first kappa shape index (κ1) is 33.0. The summed E-state index contributed by atoms with van der Waals surface area (Å²) in [6, 6.07) is 23.6. The number of carbonyl (C=O) groups is 3. The van der Waals surface area contributed by atoms with Crippen LogP contribution in [0.25, 0.3) is 10.8 Å². The molecule has 0 unspecified atom stereocenters. The highest BCUT2D eigenvalue weighted by Crippen LogP contribution is 2.34. The number of hydrogen-bond donors (Lipinski definition) is 3. The third-order valence-electron chi connectivity index (χ3n) is 7.21. The summed E-state index contributed by atoms with van der Waals surface area (Å²) in [5, 5.41) is 11.7. The normalized spacial score (nSPS) is 14.4. The Morgan fingerprint density at radius 3 is 2.51 bits per heavy atom. The Morgan fingerprint density at radius 2 is 1.74 bits per heavy atom. The van der Waals surface area contributed by atoms with Crippen molar-refractivity contribution in [1.82, 2.24) is 16.1 Å². The van der Waals surface area contributed by atoms with Gasteiger partial charge in [0.25, 0.3) is 5.91 Å². The number of amides is 3. The van der Waals surface area contributed by atoms with Gasteiger partial charge in [0.2, 0.25) is 0 Å². The molecular formula is C35H33BrN4O7. The maximum Gasteiger partial charge on any atom is 0.338 e. The molecule has 242 valence electrons. The third-order valence-corrected chi connectivity index (χ3v) is 7.83. The van der Waals surface area contributed by atoms with Gasteiger partial charge < -0.3 is 29.6 Å². The highest BCUT2D eigenvalue weighted by atomic mass is 79.9. The van der Waals surface area contributed by atoms with Crippen LogP contribution >= 0.6 is 15.9 Å². The number of carbonyl (C=O) groups excluding carboxylic acids is 3. The predicted molar refractivity (Wildman–Crippen MR) is 180 cm³/mol. The smallest absolute Gasteiger partial charge is 0.338 e. The first-order chi connectivity index (χ1) is 22.7. The monoisotopic (exact) mass is 700 g/mol. The van der Waals surface area contributed by atoms with Crippen LogP contribution in [0.1, 0.15) is 36.6 Å². The van der Waals surface area contributed by atoms with E-state index < -0.39 is 23.9 Å². The van der Waals surface area contributed by atoms with Crippen LogP contribution in [-0.2, 0) is 20.9 Å². The fraction of sp³-hybridized carbons (Fsp3) is 0.200. The fourth-order valence-corrected chi connectivity index (χ4v) is 5.48. The van der Waals surface area contributed by atoms with Gasteiger partial charge in [-0.15, -0.1) is 0 Å². The largest absolute Gasteiger partial charge is 0.493 e. The van der Waals surface area contributed by atoms with Gasteiger partial charge in [-0.3, -0.25) is 4.79 Å². The zero-order chi connectivity index (χ0) is 33.3. The molecule has 3 N–H and O–H groups in total. The summed E-state index contributed by atoms with van der Waals surface area (Å²) in [5.74, 6) is 0.235. The Balaban J connectivity index is 1.15. The van der Waals surface area contributed by atoms with E-state index in [1.807, 2.05) is 36.4 Å². The quantitative estimate of drug-likeness (QED) is 0.0950. The van der Waals surface area contributed by atoms with E-state index in [1.54, 1.807) is 32.0 Å². The molecule has 12 heteroatoms. The Hall–Kier alpha value is -5.36. The van der Waals surface area contributed by atoms with E-state index in [4.69, 9.17) is 18.9 Å². The van der Waals surface area contributed by atoms with Crippen LogP contribution in [0.4, 0.5) is 4.79 Å². The number of rotatable bonds is 12. The van der Waals surface area contributed by atoms with Gasteiger partial charge in [-0.25, -0.2) is 15.0 Å². The van der Waals surface area contributed by atoms with Gasteiger partial charge in [-0.1, -0.05) is 42.5 Å². The molecule has 4 aromatic rings. The van der Waals surface area contributed by atoms with Crippen LogP contribution in [0.2, 0.25) is 0 Å². The van der Waals surface area contributed by atoms with Crippen molar-refractivity contribution in [3.8, 4) is 17.2 Å². The van der Waals surface area contributed by atoms with Crippen LogP contribution in [0.5, 0.6) is 17.2 Å². The summed E-state index contributed by atoms with van der Waals surface area (Å²) in [6.45, 7) is 3.60. The molecule has 1 heterocycles. The van der Waals surface area contributed by atoms with Crippen molar-refractivity contribution < 1.29 is 33.3 Å². The second kappa shape index (κ2) is 15.3. The van der Waals surface area contributed by atoms with Gasteiger partial charge in [0, 0.05) is 5.70 Å². The van der Waals surface area contributed by atoms with E-state index in [0.29, 0.717) is 29.4 Å². The van der Waals surface area contributed by atoms with E-state index in [0.717, 1.165) is 21.0 Å². The number of nitrogens with one attached hydrogen (secondary N) is 3. The first-order valence-corrected chi connectivity index (χ1v) is 15.5. The molecule has 1 aliphatic heterocycles. The lowest BCUT2D eigenvalue weighted by molar-refractivity contribution is -0.139. The number of halogens is 1. The molecule has 0 radical (unpaired) electrons. The van der Waals surface area contributed by atoms with Crippen molar-refractivity contribution in [1.29, 1.82) is 0 Å². The average Bonchev–Trinajstić information content (AvgIpc) is 3.06. The molecule has 4 aromatic carbocycles. The van der Waals surface area contributed by atoms with Crippen LogP contribution in [-0.4, -0.2) is 44.4 Å². The molecule has 5 rings (SSSR count). The fourth-order valence-electron chi connectivity index (χ4n) is 4.96. The van der Waals surface area contributed by atoms with E-state index in [2.05, 4.69) is 61.4 Å². The number of methoxy groups -OCH3 is 1. The summed E-state index contributed by atoms with van der Waals surface area (Å²) < 4.78 is 23.1. The predicted octanol–water partition coefficient (Wildman–Crippen LogP) is 5.91. The van der Waals surface area contributed by atoms with Gasteiger partial charge in [0.1, 0.15) is 12.4 Å². The van der Waals surface area contributed by atoms with Crippen molar-refractivity contribution in [3.63, 3.8) is 0 Å². The van der Waals surface area contributed by atoms with Crippen molar-refractivity contribution in [2.45, 2.75) is 26.5 Å². The lowest BCUT2D eigenvalue weighted by atomic mass is 9.95. The minimum atomic E-state index is -0.770. The van der Waals surface area contributed by atoms with Crippen LogP contribution in [0.3, 0.4) is 0 Å². The number of esters is 1. The molecule has 3 amide bonds. The van der Waals surface area contributed by atoms with E-state index in [1.165, 1.54) is 18.7 Å². The Kier molecular flexibility index (Phi) is 10.7. The molecule has 0 aromatic heterocycles. The van der Waals surface area contributed by atoms with Crippen molar-refractivity contribution in [2.75, 3.05) is 20.3 Å². The molecule has 1 aliphatic rings. The number of fused-ring (bicyclic) bond motifs is 1. The maximum atomic E-state index is 12.6. The van der Waals surface area contributed by atoms with Gasteiger partial charge >= 0.3 is 12.0 Å². The van der Waals surface area contributed by atoms with Crippen LogP contribution in [0, 0.1) is 0 Å². The van der Waals surface area contributed by atoms with E-state index in [9.17, 15) is 14.4 Å². The highest BCUT2D eigenvalue weighted by molar-refractivity contribution is 9.10. The number of hydrazone groups is 1. The van der Waals surface area contributed by atoms with E-state index in [-0.39, 0.29) is 24.5 Å². The first-order valence-electron chi connectivity index (χ1n) is 14.7. The SMILES string of the molecule is CCOC(=O)C1=C(C)NC(=O)N[C@H]1c1ccc(OCC(=O)N/N=C\c2ccc(OCc3ccc4ccccc4c3)c(Br)c2)c(OC)c1. The average molecular weight is 702 g/mol. The molecule has 1 atom stereocenters. The van der Waals surface area contributed by atoms with Crippen molar-refractivity contribution >= 4 is 50.8 Å². The lowest BCUT2D eigenvalue weighted by Crippen LogP contribution is -2.45. The summed E-state index contributed by atoms with van der Waals surface area (Å²) in [5.41, 5.74) is 5.47. The summed E-state index contributed by atoms with van der Waals surface area (Å²) >= 11 is 3.54. The Morgan fingerprint density at radius 1 is 0.957 bits per heavy atom. The molecule has 0 aliphatic carbocycles. The third kappa shape index (κ3) is 8.27. The van der Waals surface area contributed by atoms with Crippen LogP contribution in [0.15, 0.2) is 99.7 Å².